The van der Waals surface area contributed by atoms with Crippen molar-refractivity contribution >= 4 is 5.91 Å². The van der Waals surface area contributed by atoms with Gasteiger partial charge in [0.15, 0.2) is 0 Å². The van der Waals surface area contributed by atoms with Crippen molar-refractivity contribution in [1.82, 2.24) is 15.1 Å². The molecule has 2 aliphatic carbocycles. The minimum Gasteiger partial charge on any atom is -0.330 e. The molecule has 4 nitrogen and oxygen atoms in total. The molecule has 0 N–H and O–H groups in total. The normalized spacial score (nSPS) is 28.2. The molecule has 0 radical (unpaired) electrons. The lowest BCUT2D eigenvalue weighted by Crippen LogP contribution is -2.64. The van der Waals surface area contributed by atoms with Crippen LogP contribution in [0.4, 0.5) is 17.6 Å². The van der Waals surface area contributed by atoms with Crippen LogP contribution in [0.1, 0.15) is 43.9 Å². The van der Waals surface area contributed by atoms with Crippen molar-refractivity contribution in [3.05, 3.63) is 47.2 Å². The molecule has 152 valence electrons. The van der Waals surface area contributed by atoms with Crippen LogP contribution < -0.4 is 0 Å². The fraction of sp³-hybridized carbons (Fsp3) is 0.476. The molecule has 5 rings (SSSR count). The summed E-state index contributed by atoms with van der Waals surface area (Å²) in [6, 6.07) is 5.18. The maximum absolute atomic E-state index is 14.2. The Bertz CT molecular complexity index is 1030. The van der Waals surface area contributed by atoms with Crippen molar-refractivity contribution < 1.29 is 22.4 Å². The second kappa shape index (κ2) is 5.55. The van der Waals surface area contributed by atoms with Crippen LogP contribution >= 0.6 is 0 Å². The number of rotatable bonds is 2. The number of fused-ring (bicyclic) bond motifs is 5. The van der Waals surface area contributed by atoms with Gasteiger partial charge in [-0.2, -0.15) is 5.10 Å². The molecule has 1 aromatic carbocycles. The number of likely N-dealkylation sites (tertiary alicyclic amines) is 1. The van der Waals surface area contributed by atoms with Crippen LogP contribution in [0.3, 0.4) is 0 Å². The highest BCUT2D eigenvalue weighted by Gasteiger charge is 2.69. The summed E-state index contributed by atoms with van der Waals surface area (Å²) in [4.78, 5) is 14.5. The SMILES string of the molecule is CC1(C)C2CCC1(C(=O)N1CC(F)(F)C1)c1nnc(-c3c(F)cccc3F)cc12. The molecule has 8 heteroatoms. The summed E-state index contributed by atoms with van der Waals surface area (Å²) >= 11 is 0. The zero-order valence-electron chi connectivity index (χ0n) is 16.0. The van der Waals surface area contributed by atoms with E-state index in [2.05, 4.69) is 10.2 Å². The van der Waals surface area contributed by atoms with Gasteiger partial charge >= 0.3 is 0 Å². The van der Waals surface area contributed by atoms with E-state index in [4.69, 9.17) is 0 Å². The number of benzene rings is 1. The van der Waals surface area contributed by atoms with E-state index < -0.39 is 41.5 Å². The van der Waals surface area contributed by atoms with E-state index in [0.717, 1.165) is 17.7 Å². The van der Waals surface area contributed by atoms with Crippen LogP contribution in [0.25, 0.3) is 11.3 Å². The van der Waals surface area contributed by atoms with E-state index in [0.29, 0.717) is 18.5 Å². The zero-order valence-corrected chi connectivity index (χ0v) is 16.0. The minimum absolute atomic E-state index is 0.0627. The van der Waals surface area contributed by atoms with Crippen molar-refractivity contribution in [3.63, 3.8) is 0 Å². The molecule has 2 bridgehead atoms. The Balaban J connectivity index is 1.62. The Morgan fingerprint density at radius 3 is 2.41 bits per heavy atom. The van der Waals surface area contributed by atoms with Gasteiger partial charge in [0.05, 0.1) is 35.5 Å². The zero-order chi connectivity index (χ0) is 20.8. The van der Waals surface area contributed by atoms with Crippen LogP contribution in [0, 0.1) is 17.0 Å². The number of nitrogens with zero attached hydrogens (tertiary/aromatic N) is 3. The molecule has 2 unspecified atom stereocenters. The van der Waals surface area contributed by atoms with Crippen molar-refractivity contribution in [2.45, 2.75) is 43.9 Å². The predicted molar refractivity (Wildman–Crippen MR) is 96.3 cm³/mol. The Morgan fingerprint density at radius 2 is 1.79 bits per heavy atom. The number of carbonyl (C=O) groups is 1. The number of amides is 1. The Hall–Kier alpha value is -2.51. The number of alkyl halides is 2. The average Bonchev–Trinajstić information content (AvgIpc) is 3.00. The maximum Gasteiger partial charge on any atom is 0.282 e. The minimum atomic E-state index is -2.85. The van der Waals surface area contributed by atoms with Gasteiger partial charge in [-0.25, -0.2) is 17.6 Å². The molecule has 3 aliphatic rings. The highest BCUT2D eigenvalue weighted by atomic mass is 19.3. The number of hydrogen-bond acceptors (Lipinski definition) is 3. The summed E-state index contributed by atoms with van der Waals surface area (Å²) in [7, 11) is 0. The molecule has 1 aliphatic heterocycles. The number of aromatic nitrogens is 2. The van der Waals surface area contributed by atoms with E-state index in [9.17, 15) is 22.4 Å². The third-order valence-electron chi connectivity index (χ3n) is 7.10. The van der Waals surface area contributed by atoms with Crippen LogP contribution in [-0.4, -0.2) is 40.0 Å². The maximum atomic E-state index is 14.2. The summed E-state index contributed by atoms with van der Waals surface area (Å²) in [6.07, 6.45) is 1.18. The van der Waals surface area contributed by atoms with E-state index >= 15 is 0 Å². The quantitative estimate of drug-likeness (QED) is 0.708. The Morgan fingerprint density at radius 1 is 1.14 bits per heavy atom. The second-order valence-corrected chi connectivity index (χ2v) is 8.87. The molecule has 2 aromatic rings. The molecule has 2 atom stereocenters. The van der Waals surface area contributed by atoms with Crippen LogP contribution in [0.15, 0.2) is 24.3 Å². The van der Waals surface area contributed by atoms with Crippen molar-refractivity contribution in [2.75, 3.05) is 13.1 Å². The molecule has 1 saturated heterocycles. The average molecular weight is 405 g/mol. The van der Waals surface area contributed by atoms with Gasteiger partial charge in [-0.05, 0) is 47.9 Å². The van der Waals surface area contributed by atoms with Gasteiger partial charge in [-0.3, -0.25) is 4.79 Å². The van der Waals surface area contributed by atoms with E-state index in [-0.39, 0.29) is 23.1 Å². The number of halogens is 4. The van der Waals surface area contributed by atoms with Gasteiger partial charge in [-0.1, -0.05) is 19.9 Å². The van der Waals surface area contributed by atoms with Gasteiger partial charge in [0.2, 0.25) is 5.91 Å². The molecule has 2 fully saturated rings. The van der Waals surface area contributed by atoms with Gasteiger partial charge in [-0.15, -0.1) is 5.10 Å². The summed E-state index contributed by atoms with van der Waals surface area (Å²) in [5, 5.41) is 8.29. The Kier molecular flexibility index (Phi) is 3.54. The Labute approximate surface area is 164 Å². The van der Waals surface area contributed by atoms with Crippen molar-refractivity contribution in [2.24, 2.45) is 5.41 Å². The molecule has 1 aromatic heterocycles. The first kappa shape index (κ1) is 18.5. The number of carbonyl (C=O) groups excluding carboxylic acids is 1. The summed E-state index contributed by atoms with van der Waals surface area (Å²) in [5.74, 6) is -4.75. The van der Waals surface area contributed by atoms with Gasteiger partial charge in [0.25, 0.3) is 5.92 Å². The first-order valence-corrected chi connectivity index (χ1v) is 9.58. The lowest BCUT2D eigenvalue weighted by Gasteiger charge is -2.46. The standard InChI is InChI=1S/C21H19F4N3O/c1-19(2)12-6-7-21(19,18(29)28-9-20(24,25)10-28)17-11(12)8-15(26-27-17)16-13(22)4-3-5-14(16)23/h3-5,8,12H,6-7,9-10H2,1-2H3. The lowest BCUT2D eigenvalue weighted by atomic mass is 9.67. The summed E-state index contributed by atoms with van der Waals surface area (Å²) < 4.78 is 55.2. The lowest BCUT2D eigenvalue weighted by molar-refractivity contribution is -0.174. The van der Waals surface area contributed by atoms with E-state index in [1.807, 2.05) is 13.8 Å². The molecule has 0 spiro atoms. The third kappa shape index (κ3) is 2.23. The van der Waals surface area contributed by atoms with Crippen LogP contribution in [-0.2, 0) is 10.2 Å². The number of hydrogen-bond donors (Lipinski definition) is 0. The van der Waals surface area contributed by atoms with Gasteiger partial charge < -0.3 is 4.90 Å². The highest BCUT2D eigenvalue weighted by Crippen LogP contribution is 2.68. The largest absolute Gasteiger partial charge is 0.330 e. The van der Waals surface area contributed by atoms with Gasteiger partial charge in [0, 0.05) is 0 Å². The van der Waals surface area contributed by atoms with E-state index in [1.165, 1.54) is 11.0 Å². The fourth-order valence-electron chi connectivity index (χ4n) is 5.59. The first-order valence-electron chi connectivity index (χ1n) is 9.58. The monoisotopic (exact) mass is 405 g/mol. The van der Waals surface area contributed by atoms with E-state index in [1.54, 1.807) is 6.07 Å². The topological polar surface area (TPSA) is 46.1 Å². The predicted octanol–water partition coefficient (Wildman–Crippen LogP) is 4.05. The van der Waals surface area contributed by atoms with Crippen molar-refractivity contribution in [3.8, 4) is 11.3 Å². The highest BCUT2D eigenvalue weighted by molar-refractivity contribution is 5.92. The molecular formula is C21H19F4N3O. The molecule has 2 heterocycles. The third-order valence-corrected chi connectivity index (χ3v) is 7.10. The fourth-order valence-corrected chi connectivity index (χ4v) is 5.59. The first-order chi connectivity index (χ1) is 13.6. The molecule has 1 amide bonds. The van der Waals surface area contributed by atoms with Crippen molar-refractivity contribution in [1.29, 1.82) is 0 Å². The van der Waals surface area contributed by atoms with Crippen LogP contribution in [0.5, 0.6) is 0 Å². The summed E-state index contributed by atoms with van der Waals surface area (Å²) in [5.41, 5.74) is -0.595. The molecule has 29 heavy (non-hydrogen) atoms. The summed E-state index contributed by atoms with van der Waals surface area (Å²) in [6.45, 7) is 2.70. The second-order valence-electron chi connectivity index (χ2n) is 8.87. The molecule has 1 saturated carbocycles. The smallest absolute Gasteiger partial charge is 0.282 e. The molecular weight excluding hydrogens is 386 g/mol. The van der Waals surface area contributed by atoms with Gasteiger partial charge in [0.1, 0.15) is 11.6 Å². The van der Waals surface area contributed by atoms with Crippen LogP contribution in [0.2, 0.25) is 0 Å².